The first-order chi connectivity index (χ1) is 4.57. The summed E-state index contributed by atoms with van der Waals surface area (Å²) in [5.41, 5.74) is 0. The number of carbonyl (C=O) groups excluding carboxylic acids is 2. The van der Waals surface area contributed by atoms with Gasteiger partial charge in [-0.2, -0.15) is 12.6 Å². The molecule has 0 spiro atoms. The fraction of sp³-hybridized carbons (Fsp3) is 0.333. The first-order valence-electron chi connectivity index (χ1n) is 2.64. The second kappa shape index (κ2) is 7.16. The van der Waals surface area contributed by atoms with Crippen LogP contribution in [-0.4, -0.2) is 54.9 Å². The van der Waals surface area contributed by atoms with Crippen LogP contribution in [0.1, 0.15) is 6.92 Å². The van der Waals surface area contributed by atoms with Crippen molar-refractivity contribution in [2.45, 2.75) is 12.2 Å². The fourth-order valence-corrected chi connectivity index (χ4v) is 0.279. The third-order valence-electron chi connectivity index (χ3n) is 0.709. The van der Waals surface area contributed by atoms with Gasteiger partial charge in [-0.1, -0.05) is 6.58 Å². The third kappa shape index (κ3) is 6.87. The van der Waals surface area contributed by atoms with Crippen LogP contribution in [0.5, 0.6) is 0 Å². The Morgan fingerprint density at radius 2 is 2.09 bits per heavy atom. The summed E-state index contributed by atoms with van der Waals surface area (Å²) in [6, 6.07) is 0. The molecule has 0 saturated heterocycles. The molecule has 0 fully saturated rings. The maximum atomic E-state index is 10.5. The number of hydrogen-bond donors (Lipinski definition) is 1. The van der Waals surface area contributed by atoms with Crippen molar-refractivity contribution >= 4 is 62.3 Å². The van der Waals surface area contributed by atoms with Crippen LogP contribution in [0.15, 0.2) is 12.7 Å². The quantitative estimate of drug-likeness (QED) is 0.219. The molecule has 0 aromatic rings. The van der Waals surface area contributed by atoms with Crippen LogP contribution in [0.25, 0.3) is 0 Å². The monoisotopic (exact) mass is 202 g/mol. The van der Waals surface area contributed by atoms with Crippen LogP contribution >= 0.6 is 12.6 Å². The molecule has 0 aliphatic rings. The van der Waals surface area contributed by atoms with Gasteiger partial charge >= 0.3 is 49.7 Å². The minimum absolute atomic E-state index is 0. The summed E-state index contributed by atoms with van der Waals surface area (Å²) in [7, 11) is 0. The second-order valence-corrected chi connectivity index (χ2v) is 2.39. The van der Waals surface area contributed by atoms with Gasteiger partial charge in [0.25, 0.3) is 0 Å². The topological polar surface area (TPSA) is 43.4 Å². The van der Waals surface area contributed by atoms with Crippen molar-refractivity contribution in [3.8, 4) is 0 Å². The van der Waals surface area contributed by atoms with Crippen LogP contribution in [0.4, 0.5) is 0 Å². The van der Waals surface area contributed by atoms with Crippen LogP contribution < -0.4 is 0 Å². The summed E-state index contributed by atoms with van der Waals surface area (Å²) in [5, 5.41) is -0.580. The van der Waals surface area contributed by atoms with E-state index in [9.17, 15) is 9.59 Å². The number of thiol groups is 1. The molecule has 0 aromatic carbocycles. The molecule has 60 valence electrons. The SMILES string of the molecule is C=CC(=O)OC(=O)C(C)S.[CaH2]. The van der Waals surface area contributed by atoms with Crippen molar-refractivity contribution in [3.05, 3.63) is 12.7 Å². The molecule has 1 atom stereocenters. The molecule has 0 rings (SSSR count). The van der Waals surface area contributed by atoms with E-state index in [1.165, 1.54) is 6.92 Å². The van der Waals surface area contributed by atoms with E-state index in [0.29, 0.717) is 0 Å². The van der Waals surface area contributed by atoms with Crippen molar-refractivity contribution in [2.24, 2.45) is 0 Å². The zero-order chi connectivity index (χ0) is 8.15. The van der Waals surface area contributed by atoms with Gasteiger partial charge in [-0.25, -0.2) is 4.79 Å². The van der Waals surface area contributed by atoms with Gasteiger partial charge in [-0.15, -0.1) is 0 Å². The molecular weight excluding hydrogens is 192 g/mol. The first-order valence-corrected chi connectivity index (χ1v) is 3.15. The Morgan fingerprint density at radius 1 is 1.64 bits per heavy atom. The van der Waals surface area contributed by atoms with Gasteiger partial charge < -0.3 is 4.74 Å². The Kier molecular flexibility index (Phi) is 9.13. The zero-order valence-corrected chi connectivity index (χ0v) is 6.43. The molecule has 0 aromatic heterocycles. The van der Waals surface area contributed by atoms with E-state index in [4.69, 9.17) is 0 Å². The third-order valence-corrected chi connectivity index (χ3v) is 0.920. The molecule has 3 nitrogen and oxygen atoms in total. The molecule has 0 radical (unpaired) electrons. The van der Waals surface area contributed by atoms with Gasteiger partial charge in [0, 0.05) is 6.08 Å². The number of rotatable bonds is 2. The minimum atomic E-state index is -0.745. The molecule has 0 bridgehead atoms. The van der Waals surface area contributed by atoms with Gasteiger partial charge in [0.1, 0.15) is 0 Å². The van der Waals surface area contributed by atoms with Crippen LogP contribution in [0, 0.1) is 0 Å². The van der Waals surface area contributed by atoms with Gasteiger partial charge in [-0.3, -0.25) is 4.79 Å². The standard InChI is InChI=1S/C6H8O3S.Ca.2H/c1-3-5(7)9-6(8)4(2)10;;;/h3-4,10H,1H2,2H3;;;. The van der Waals surface area contributed by atoms with E-state index < -0.39 is 17.2 Å². The van der Waals surface area contributed by atoms with Crippen molar-refractivity contribution in [2.75, 3.05) is 0 Å². The summed E-state index contributed by atoms with van der Waals surface area (Å²) in [6.45, 7) is 4.64. The average molecular weight is 202 g/mol. The Bertz CT molecular complexity index is 167. The molecule has 0 N–H and O–H groups in total. The number of esters is 2. The molecule has 0 aliphatic heterocycles. The summed E-state index contributed by atoms with van der Waals surface area (Å²) >= 11 is 3.75. The molecule has 0 amide bonds. The van der Waals surface area contributed by atoms with Crippen LogP contribution in [0.3, 0.4) is 0 Å². The van der Waals surface area contributed by atoms with Crippen molar-refractivity contribution in [1.29, 1.82) is 0 Å². The van der Waals surface area contributed by atoms with Crippen molar-refractivity contribution in [3.63, 3.8) is 0 Å². The number of carbonyl (C=O) groups is 2. The second-order valence-electron chi connectivity index (χ2n) is 1.62. The van der Waals surface area contributed by atoms with E-state index in [0.717, 1.165) is 6.08 Å². The Morgan fingerprint density at radius 3 is 2.36 bits per heavy atom. The molecule has 5 heteroatoms. The van der Waals surface area contributed by atoms with Gasteiger partial charge in [0.2, 0.25) is 0 Å². The first kappa shape index (κ1) is 14.0. The molecule has 11 heavy (non-hydrogen) atoms. The van der Waals surface area contributed by atoms with E-state index in [1.54, 1.807) is 0 Å². The predicted octanol–water partition coefficient (Wildman–Crippen LogP) is -0.356. The van der Waals surface area contributed by atoms with Crippen molar-refractivity contribution < 1.29 is 14.3 Å². The number of hydrogen-bond acceptors (Lipinski definition) is 4. The normalized spacial score (nSPS) is 10.7. The van der Waals surface area contributed by atoms with Gasteiger partial charge in [-0.05, 0) is 6.92 Å². The maximum absolute atomic E-state index is 10.5. The molecule has 0 heterocycles. The van der Waals surface area contributed by atoms with Crippen molar-refractivity contribution in [1.82, 2.24) is 0 Å². The summed E-state index contributed by atoms with van der Waals surface area (Å²) < 4.78 is 4.19. The van der Waals surface area contributed by atoms with E-state index in [2.05, 4.69) is 23.9 Å². The van der Waals surface area contributed by atoms with Crippen LogP contribution in [-0.2, 0) is 14.3 Å². The van der Waals surface area contributed by atoms with E-state index in [1.807, 2.05) is 0 Å². The van der Waals surface area contributed by atoms with E-state index >= 15 is 0 Å². The Labute approximate surface area is 101 Å². The van der Waals surface area contributed by atoms with Gasteiger partial charge in [0.05, 0.1) is 5.25 Å². The Hall–Kier alpha value is 0.490. The van der Waals surface area contributed by atoms with E-state index in [-0.39, 0.29) is 37.7 Å². The molecule has 0 saturated carbocycles. The fourth-order valence-electron chi connectivity index (χ4n) is 0.226. The molecule has 0 aliphatic carbocycles. The van der Waals surface area contributed by atoms with Gasteiger partial charge in [0.15, 0.2) is 0 Å². The molecule has 1 unspecified atom stereocenters. The predicted molar refractivity (Wildman–Crippen MR) is 48.3 cm³/mol. The Balaban J connectivity index is 0. The average Bonchev–Trinajstić information content (AvgIpc) is 1.87. The molecular formula is C6H10CaO3S. The zero-order valence-electron chi connectivity index (χ0n) is 5.53. The summed E-state index contributed by atoms with van der Waals surface area (Å²) in [5.74, 6) is -1.40. The summed E-state index contributed by atoms with van der Waals surface area (Å²) in [4.78, 5) is 20.9. The number of ether oxygens (including phenoxy) is 1. The summed E-state index contributed by atoms with van der Waals surface area (Å²) in [6.07, 6.45) is 0.925. The van der Waals surface area contributed by atoms with Crippen LogP contribution in [0.2, 0.25) is 0 Å².